The zero-order valence-corrected chi connectivity index (χ0v) is 29.3. The first-order chi connectivity index (χ1) is 23.9. The van der Waals surface area contributed by atoms with E-state index in [2.05, 4.69) is 26.2 Å². The van der Waals surface area contributed by atoms with Gasteiger partial charge >= 0.3 is 11.0 Å². The molecule has 8 rings (SSSR count). The Balaban J connectivity index is 1.12. The number of H-pyrrole nitrogens is 1. The van der Waals surface area contributed by atoms with Gasteiger partial charge in [-0.3, -0.25) is 24.1 Å². The summed E-state index contributed by atoms with van der Waals surface area (Å²) in [6, 6.07) is 16.6. The van der Waals surface area contributed by atoms with Crippen LogP contribution in [0.15, 0.2) is 81.0 Å². The first kappa shape index (κ1) is 33.1. The van der Waals surface area contributed by atoms with E-state index in [1.54, 1.807) is 43.5 Å². The minimum absolute atomic E-state index is 0.0881. The molecule has 2 N–H and O–H groups in total. The molecule has 0 radical (unpaired) electrons. The van der Waals surface area contributed by atoms with Gasteiger partial charge in [0.05, 0.1) is 35.2 Å². The number of amides is 3. The van der Waals surface area contributed by atoms with Gasteiger partial charge in [-0.25, -0.2) is 0 Å². The predicted octanol–water partition coefficient (Wildman–Crippen LogP) is 6.92. The van der Waals surface area contributed by atoms with Crippen LogP contribution in [0.4, 0.5) is 24.5 Å². The molecule has 3 fully saturated rings. The van der Waals surface area contributed by atoms with E-state index >= 15 is 0 Å². The van der Waals surface area contributed by atoms with Crippen LogP contribution in [0, 0.1) is 29.6 Å². The number of thioether (sulfide) groups is 1. The van der Waals surface area contributed by atoms with E-state index in [4.69, 9.17) is 9.47 Å². The van der Waals surface area contributed by atoms with Crippen LogP contribution in [0.5, 0.6) is 11.5 Å². The average Bonchev–Trinajstić information content (AvgIpc) is 3.82. The molecule has 2 bridgehead atoms. The maximum absolute atomic E-state index is 14.1. The van der Waals surface area contributed by atoms with Gasteiger partial charge < -0.3 is 19.8 Å². The number of hydrogen-bond donors (Lipinski definition) is 2. The number of benzene rings is 3. The monoisotopic (exact) mass is 785 g/mol. The molecule has 2 aliphatic carbocycles. The maximum atomic E-state index is 14.1. The Morgan fingerprint density at radius 1 is 1.02 bits per heavy atom. The molecule has 6 unspecified atom stereocenters. The molecule has 15 heteroatoms. The molecule has 4 aromatic rings. The summed E-state index contributed by atoms with van der Waals surface area (Å²) >= 11 is 6.15. The molecule has 2 aliphatic heterocycles. The highest BCUT2D eigenvalue weighted by Crippen LogP contribution is 2.69. The lowest BCUT2D eigenvalue weighted by Gasteiger charge is -2.43. The lowest BCUT2D eigenvalue weighted by Crippen LogP contribution is -2.42. The van der Waals surface area contributed by atoms with Crippen molar-refractivity contribution in [1.82, 2.24) is 4.98 Å². The first-order valence-electron chi connectivity index (χ1n) is 15.7. The highest BCUT2D eigenvalue weighted by atomic mass is 79.9. The molecule has 9 nitrogen and oxygen atoms in total. The van der Waals surface area contributed by atoms with E-state index in [0.29, 0.717) is 28.6 Å². The second kappa shape index (κ2) is 12.3. The number of carbonyl (C=O) groups excluding carboxylic acids is 3. The number of aromatic amines is 1. The van der Waals surface area contributed by atoms with Gasteiger partial charge in [0.2, 0.25) is 11.8 Å². The second-order valence-electron chi connectivity index (χ2n) is 12.8. The van der Waals surface area contributed by atoms with E-state index in [0.717, 1.165) is 43.3 Å². The van der Waals surface area contributed by atoms with Crippen LogP contribution in [0.1, 0.15) is 28.3 Å². The lowest BCUT2D eigenvalue weighted by molar-refractivity contribution is -0.137. The lowest BCUT2D eigenvalue weighted by atomic mass is 9.68. The maximum Gasteiger partial charge on any atom is 0.416 e. The van der Waals surface area contributed by atoms with E-state index in [1.807, 2.05) is 6.07 Å². The molecule has 3 amide bonds. The molecule has 0 spiro atoms. The molecule has 1 aromatic heterocycles. The number of methoxy groups -OCH3 is 1. The molecule has 3 aromatic carbocycles. The Kier molecular flexibility index (Phi) is 8.14. The second-order valence-corrected chi connectivity index (χ2v) is 15.9. The van der Waals surface area contributed by atoms with Crippen LogP contribution < -0.4 is 24.6 Å². The minimum atomic E-state index is -4.63. The molecule has 2 saturated carbocycles. The third-order valence-corrected chi connectivity index (χ3v) is 13.3. The van der Waals surface area contributed by atoms with Crippen LogP contribution in [0.3, 0.4) is 0 Å². The van der Waals surface area contributed by atoms with E-state index in [9.17, 15) is 32.3 Å². The SMILES string of the molecule is COc1ccc(NC(=O)COc2ccc(Br)cc2[C@H]2c3sc(=O)[nH]c3SC3C4CC(C5C(=O)N(c6cccc(C(F)(F)F)c6)C(=O)C45)C32)cc1. The standard InChI is InChI=1S/C35H27BrF3N3O6S2/c1-47-19-8-6-17(7-9-19)40-24(43)14-48-23-10-5-16(36)12-20(23)25-26-21-13-22(29(26)49-31-30(25)50-34(46)41-31)28-27(21)32(44)42(33(28)45)18-4-2-3-15(11-18)35(37,38)39/h2-12,21-22,25-29H,13-14H2,1H3,(H,40,43)(H,41,46)/t21?,22?,25-,26?,27?,28?,29?/m1/s1. The van der Waals surface area contributed by atoms with Crippen molar-refractivity contribution in [3.63, 3.8) is 0 Å². The fourth-order valence-electron chi connectivity index (χ4n) is 8.35. The van der Waals surface area contributed by atoms with Crippen LogP contribution in [-0.2, 0) is 20.6 Å². The van der Waals surface area contributed by atoms with Crippen molar-refractivity contribution in [2.45, 2.75) is 28.8 Å². The molecule has 1 saturated heterocycles. The number of nitrogens with zero attached hydrogens (tertiary/aromatic N) is 1. The minimum Gasteiger partial charge on any atom is -0.497 e. The zero-order valence-electron chi connectivity index (χ0n) is 26.0. The summed E-state index contributed by atoms with van der Waals surface area (Å²) < 4.78 is 52.8. The number of ether oxygens (including phenoxy) is 2. The summed E-state index contributed by atoms with van der Waals surface area (Å²) in [7, 11) is 1.55. The predicted molar refractivity (Wildman–Crippen MR) is 184 cm³/mol. The third kappa shape index (κ3) is 5.44. The molecular weight excluding hydrogens is 759 g/mol. The topological polar surface area (TPSA) is 118 Å². The van der Waals surface area contributed by atoms with Gasteiger partial charge in [-0.05, 0) is 84.8 Å². The summed E-state index contributed by atoms with van der Waals surface area (Å²) in [5, 5.41) is 3.33. The average molecular weight is 787 g/mol. The van der Waals surface area contributed by atoms with Crippen LogP contribution in [-0.4, -0.2) is 41.7 Å². The number of imide groups is 1. The normalized spacial score (nSPS) is 26.4. The quantitative estimate of drug-likeness (QED) is 0.196. The number of thiazole rings is 1. The van der Waals surface area contributed by atoms with Crippen LogP contribution in [0.25, 0.3) is 0 Å². The number of carbonyl (C=O) groups is 3. The Bertz CT molecular complexity index is 2100. The van der Waals surface area contributed by atoms with Crippen molar-refractivity contribution in [3.05, 3.63) is 96.9 Å². The highest BCUT2D eigenvalue weighted by Gasteiger charge is 2.70. The summed E-state index contributed by atoms with van der Waals surface area (Å²) in [4.78, 5) is 58.1. The van der Waals surface area contributed by atoms with Crippen molar-refractivity contribution in [2.24, 2.45) is 29.6 Å². The number of nitrogens with one attached hydrogen (secondary N) is 2. The Morgan fingerprint density at radius 2 is 1.76 bits per heavy atom. The number of alkyl halides is 3. The first-order valence-corrected chi connectivity index (χ1v) is 18.2. The van der Waals surface area contributed by atoms with Crippen LogP contribution in [0.2, 0.25) is 0 Å². The number of fused-ring (bicyclic) bond motifs is 9. The van der Waals surface area contributed by atoms with Gasteiger partial charge in [-0.1, -0.05) is 33.3 Å². The molecule has 50 heavy (non-hydrogen) atoms. The fraction of sp³-hybridized carbons (Fsp3) is 0.314. The Morgan fingerprint density at radius 3 is 2.48 bits per heavy atom. The Labute approximate surface area is 299 Å². The van der Waals surface area contributed by atoms with Gasteiger partial charge in [0.25, 0.3) is 5.91 Å². The van der Waals surface area contributed by atoms with E-state index < -0.39 is 41.3 Å². The number of anilines is 2. The van der Waals surface area contributed by atoms with Crippen molar-refractivity contribution < 1.29 is 37.0 Å². The van der Waals surface area contributed by atoms with Crippen LogP contribution >= 0.6 is 39.0 Å². The molecular formula is C35H27BrF3N3O6S2. The largest absolute Gasteiger partial charge is 0.497 e. The fourth-order valence-corrected chi connectivity index (χ4v) is 11.6. The molecule has 3 heterocycles. The summed E-state index contributed by atoms with van der Waals surface area (Å²) in [6.45, 7) is -0.303. The van der Waals surface area contributed by atoms with Crippen molar-refractivity contribution in [3.8, 4) is 11.5 Å². The van der Waals surface area contributed by atoms with Gasteiger partial charge in [0.15, 0.2) is 6.61 Å². The van der Waals surface area contributed by atoms with Gasteiger partial charge in [-0.15, -0.1) is 11.8 Å². The summed E-state index contributed by atoms with van der Waals surface area (Å²) in [6.07, 6.45) is -4.04. The smallest absolute Gasteiger partial charge is 0.416 e. The highest BCUT2D eigenvalue weighted by molar-refractivity contribution is 9.10. The number of aromatic nitrogens is 1. The molecule has 4 aliphatic rings. The van der Waals surface area contributed by atoms with E-state index in [1.165, 1.54) is 23.9 Å². The van der Waals surface area contributed by atoms with E-state index in [-0.39, 0.29) is 46.1 Å². The van der Waals surface area contributed by atoms with Crippen molar-refractivity contribution in [2.75, 3.05) is 23.9 Å². The zero-order chi connectivity index (χ0) is 35.1. The van der Waals surface area contributed by atoms with Crippen molar-refractivity contribution in [1.29, 1.82) is 0 Å². The summed E-state index contributed by atoms with van der Waals surface area (Å²) in [5.41, 5.74) is 0.262. The number of hydrogen-bond acceptors (Lipinski definition) is 8. The summed E-state index contributed by atoms with van der Waals surface area (Å²) in [5.74, 6) is -2.82. The third-order valence-electron chi connectivity index (χ3n) is 10.2. The van der Waals surface area contributed by atoms with Gasteiger partial charge in [0.1, 0.15) is 11.5 Å². The van der Waals surface area contributed by atoms with Crippen molar-refractivity contribution >= 4 is 68.1 Å². The van der Waals surface area contributed by atoms with Gasteiger partial charge in [-0.2, -0.15) is 13.2 Å². The number of halogens is 4. The molecule has 7 atom stereocenters. The van der Waals surface area contributed by atoms with Gasteiger partial charge in [0, 0.05) is 31.8 Å². The number of rotatable bonds is 7. The molecule has 258 valence electrons. The Hall–Kier alpha value is -4.08.